The highest BCUT2D eigenvalue weighted by Gasteiger charge is 2.34. The fourth-order valence-corrected chi connectivity index (χ4v) is 2.85. The first-order valence-corrected chi connectivity index (χ1v) is 8.14. The Hall–Kier alpha value is -2.08. The van der Waals surface area contributed by atoms with Gasteiger partial charge < -0.3 is 15.7 Å². The van der Waals surface area contributed by atoms with Gasteiger partial charge >= 0.3 is 12.0 Å². The molecule has 1 aromatic carbocycles. The molecule has 0 unspecified atom stereocenters. The van der Waals surface area contributed by atoms with Gasteiger partial charge in [0.1, 0.15) is 0 Å². The number of anilines is 1. The molecule has 0 saturated heterocycles. The van der Waals surface area contributed by atoms with Gasteiger partial charge in [0.05, 0.1) is 6.54 Å². The van der Waals surface area contributed by atoms with Crippen LogP contribution in [0, 0.1) is 0 Å². The summed E-state index contributed by atoms with van der Waals surface area (Å²) in [5.41, 5.74) is 2.01. The molecule has 0 aromatic heterocycles. The Morgan fingerprint density at radius 3 is 2.39 bits per heavy atom. The molecule has 2 amide bonds. The van der Waals surface area contributed by atoms with Crippen LogP contribution in [0.5, 0.6) is 0 Å². The highest BCUT2D eigenvalue weighted by atomic mass is 16.4. The standard InChI is InChI=1S/C17H25N3O3/c1-3-12-5-7-13(8-6-12)18-17(23)19-14-9-15(10-14)20(4-2)11-16(21)22/h5-8,14-15H,3-4,9-11H2,1-2H3,(H,21,22)(H2,18,19,23). The maximum atomic E-state index is 12.0. The number of hydrogen-bond donors (Lipinski definition) is 3. The van der Waals surface area contributed by atoms with Crippen LogP contribution in [0.3, 0.4) is 0 Å². The number of carboxylic acids is 1. The van der Waals surface area contributed by atoms with Crippen molar-refractivity contribution in [3.8, 4) is 0 Å². The van der Waals surface area contributed by atoms with Crippen molar-refractivity contribution in [1.82, 2.24) is 10.2 Å². The largest absolute Gasteiger partial charge is 0.480 e. The van der Waals surface area contributed by atoms with E-state index in [1.165, 1.54) is 5.56 Å². The van der Waals surface area contributed by atoms with Gasteiger partial charge in [-0.15, -0.1) is 0 Å². The molecule has 0 heterocycles. The van der Waals surface area contributed by atoms with Crippen LogP contribution in [-0.4, -0.2) is 47.2 Å². The van der Waals surface area contributed by atoms with Crippen LogP contribution < -0.4 is 10.6 Å². The minimum atomic E-state index is -0.809. The minimum Gasteiger partial charge on any atom is -0.480 e. The van der Waals surface area contributed by atoms with Crippen LogP contribution in [0.15, 0.2) is 24.3 Å². The van der Waals surface area contributed by atoms with Gasteiger partial charge in [-0.05, 0) is 43.5 Å². The number of nitrogens with one attached hydrogen (secondary N) is 2. The molecule has 0 aliphatic heterocycles. The number of hydrogen-bond acceptors (Lipinski definition) is 3. The summed E-state index contributed by atoms with van der Waals surface area (Å²) in [5, 5.41) is 14.6. The molecule has 0 bridgehead atoms. The summed E-state index contributed by atoms with van der Waals surface area (Å²) in [6.07, 6.45) is 2.56. The van der Waals surface area contributed by atoms with Crippen molar-refractivity contribution >= 4 is 17.7 Å². The second-order valence-corrected chi connectivity index (χ2v) is 5.93. The predicted molar refractivity (Wildman–Crippen MR) is 89.7 cm³/mol. The van der Waals surface area contributed by atoms with Crippen LogP contribution in [0.2, 0.25) is 0 Å². The molecule has 0 atom stereocenters. The van der Waals surface area contributed by atoms with Crippen molar-refractivity contribution in [2.24, 2.45) is 0 Å². The fraction of sp³-hybridized carbons (Fsp3) is 0.529. The van der Waals surface area contributed by atoms with Gasteiger partial charge in [-0.3, -0.25) is 9.69 Å². The maximum absolute atomic E-state index is 12.0. The Kier molecular flexibility index (Phi) is 5.98. The van der Waals surface area contributed by atoms with E-state index in [1.54, 1.807) is 0 Å². The number of amides is 2. The number of aryl methyl sites for hydroxylation is 1. The van der Waals surface area contributed by atoms with E-state index in [4.69, 9.17) is 5.11 Å². The monoisotopic (exact) mass is 319 g/mol. The summed E-state index contributed by atoms with van der Waals surface area (Å²) in [6, 6.07) is 7.93. The van der Waals surface area contributed by atoms with E-state index in [0.717, 1.165) is 24.9 Å². The van der Waals surface area contributed by atoms with Gasteiger partial charge in [-0.1, -0.05) is 26.0 Å². The molecule has 1 fully saturated rings. The molecule has 0 radical (unpaired) electrons. The molecule has 1 saturated carbocycles. The highest BCUT2D eigenvalue weighted by Crippen LogP contribution is 2.25. The summed E-state index contributed by atoms with van der Waals surface area (Å²) in [7, 11) is 0. The molecule has 6 nitrogen and oxygen atoms in total. The van der Waals surface area contributed by atoms with Crippen LogP contribution in [0.25, 0.3) is 0 Å². The van der Waals surface area contributed by atoms with Crippen LogP contribution in [0.1, 0.15) is 32.3 Å². The normalized spacial score (nSPS) is 20.0. The Morgan fingerprint density at radius 1 is 1.22 bits per heavy atom. The Morgan fingerprint density at radius 2 is 1.87 bits per heavy atom. The topological polar surface area (TPSA) is 81.7 Å². The van der Waals surface area contributed by atoms with Gasteiger partial charge in [0, 0.05) is 17.8 Å². The van der Waals surface area contributed by atoms with Crippen LogP contribution in [-0.2, 0) is 11.2 Å². The molecule has 1 aliphatic carbocycles. The number of carbonyl (C=O) groups excluding carboxylic acids is 1. The summed E-state index contributed by atoms with van der Waals surface area (Å²) < 4.78 is 0. The summed E-state index contributed by atoms with van der Waals surface area (Å²) in [4.78, 5) is 24.7. The Bertz CT molecular complexity index is 539. The van der Waals surface area contributed by atoms with E-state index < -0.39 is 5.97 Å². The van der Waals surface area contributed by atoms with Gasteiger partial charge in [0.25, 0.3) is 0 Å². The van der Waals surface area contributed by atoms with Crippen molar-refractivity contribution < 1.29 is 14.7 Å². The molecular weight excluding hydrogens is 294 g/mol. The fourth-order valence-electron chi connectivity index (χ4n) is 2.85. The third kappa shape index (κ3) is 4.96. The molecule has 0 spiro atoms. The molecule has 23 heavy (non-hydrogen) atoms. The zero-order valence-electron chi connectivity index (χ0n) is 13.7. The van der Waals surface area contributed by atoms with Crippen molar-refractivity contribution in [1.29, 1.82) is 0 Å². The first kappa shape index (κ1) is 17.3. The SMILES string of the molecule is CCc1ccc(NC(=O)NC2CC(N(CC)CC(=O)O)C2)cc1. The van der Waals surface area contributed by atoms with Crippen molar-refractivity contribution in [2.75, 3.05) is 18.4 Å². The van der Waals surface area contributed by atoms with E-state index in [9.17, 15) is 9.59 Å². The molecule has 3 N–H and O–H groups in total. The quantitative estimate of drug-likeness (QED) is 0.720. The van der Waals surface area contributed by atoms with Crippen molar-refractivity contribution in [3.05, 3.63) is 29.8 Å². The number of benzene rings is 1. The summed E-state index contributed by atoms with van der Waals surface area (Å²) >= 11 is 0. The smallest absolute Gasteiger partial charge is 0.319 e. The van der Waals surface area contributed by atoms with Gasteiger partial charge in [0.15, 0.2) is 0 Å². The van der Waals surface area contributed by atoms with Crippen LogP contribution in [0.4, 0.5) is 10.5 Å². The van der Waals surface area contributed by atoms with Gasteiger partial charge in [0.2, 0.25) is 0 Å². The predicted octanol–water partition coefficient (Wildman–Crippen LogP) is 2.31. The Balaban J connectivity index is 1.74. The molecule has 2 rings (SSSR count). The molecule has 126 valence electrons. The third-order valence-electron chi connectivity index (χ3n) is 4.33. The zero-order valence-corrected chi connectivity index (χ0v) is 13.7. The summed E-state index contributed by atoms with van der Waals surface area (Å²) in [5.74, 6) is -0.809. The number of urea groups is 1. The van der Waals surface area contributed by atoms with Gasteiger partial charge in [-0.25, -0.2) is 4.79 Å². The van der Waals surface area contributed by atoms with Crippen molar-refractivity contribution in [3.63, 3.8) is 0 Å². The molecule has 1 aromatic rings. The minimum absolute atomic E-state index is 0.0594. The van der Waals surface area contributed by atoms with E-state index in [0.29, 0.717) is 6.54 Å². The first-order valence-electron chi connectivity index (χ1n) is 8.14. The lowest BCUT2D eigenvalue weighted by molar-refractivity contribution is -0.139. The second kappa shape index (κ2) is 7.97. The number of aliphatic carboxylic acids is 1. The van der Waals surface area contributed by atoms with Crippen LogP contribution >= 0.6 is 0 Å². The average Bonchev–Trinajstić information content (AvgIpc) is 2.49. The number of likely N-dealkylation sites (N-methyl/N-ethyl adjacent to an activating group) is 1. The lowest BCUT2D eigenvalue weighted by Gasteiger charge is -2.42. The molecule has 6 heteroatoms. The van der Waals surface area contributed by atoms with E-state index >= 15 is 0 Å². The third-order valence-corrected chi connectivity index (χ3v) is 4.33. The number of carbonyl (C=O) groups is 2. The number of rotatable bonds is 7. The summed E-state index contributed by atoms with van der Waals surface area (Å²) in [6.45, 7) is 4.81. The maximum Gasteiger partial charge on any atom is 0.319 e. The highest BCUT2D eigenvalue weighted by molar-refractivity contribution is 5.89. The number of nitrogens with zero attached hydrogens (tertiary/aromatic N) is 1. The van der Waals surface area contributed by atoms with E-state index in [-0.39, 0.29) is 24.7 Å². The second-order valence-electron chi connectivity index (χ2n) is 5.93. The van der Waals surface area contributed by atoms with Gasteiger partial charge in [-0.2, -0.15) is 0 Å². The molecule has 1 aliphatic rings. The van der Waals surface area contributed by atoms with E-state index in [2.05, 4.69) is 17.6 Å². The van der Waals surface area contributed by atoms with Crippen molar-refractivity contribution in [2.45, 2.75) is 45.2 Å². The molecular formula is C17H25N3O3. The lowest BCUT2D eigenvalue weighted by Crippen LogP contribution is -2.55. The number of carboxylic acid groups (broad SMARTS) is 1. The zero-order chi connectivity index (χ0) is 16.8. The average molecular weight is 319 g/mol. The first-order chi connectivity index (χ1) is 11.0. The lowest BCUT2D eigenvalue weighted by atomic mass is 9.85. The Labute approximate surface area is 136 Å². The van der Waals surface area contributed by atoms with E-state index in [1.807, 2.05) is 36.1 Å².